The fourth-order valence-electron chi connectivity index (χ4n) is 2.69. The van der Waals surface area contributed by atoms with E-state index in [-0.39, 0.29) is 5.89 Å². The van der Waals surface area contributed by atoms with E-state index in [1.807, 2.05) is 0 Å². The zero-order chi connectivity index (χ0) is 23.4. The molecule has 1 unspecified atom stereocenters. The van der Waals surface area contributed by atoms with Gasteiger partial charge in [0.25, 0.3) is 5.91 Å². The van der Waals surface area contributed by atoms with Crippen LogP contribution >= 0.6 is 11.6 Å². The van der Waals surface area contributed by atoms with Crippen LogP contribution in [0.5, 0.6) is 5.75 Å². The molecule has 0 fully saturated rings. The molecule has 1 N–H and O–H groups in total. The predicted octanol–water partition coefficient (Wildman–Crippen LogP) is 3.18. The normalized spacial score (nSPS) is 11.7. The smallest absolute Gasteiger partial charge is 0.437 e. The Morgan fingerprint density at radius 3 is 2.62 bits per heavy atom. The van der Waals surface area contributed by atoms with E-state index in [4.69, 9.17) is 25.5 Å². The maximum Gasteiger partial charge on any atom is 0.437 e. The molecule has 9 nitrogen and oxygen atoms in total. The zero-order valence-electron chi connectivity index (χ0n) is 17.3. The van der Waals surface area contributed by atoms with Gasteiger partial charge in [0.15, 0.2) is 6.10 Å². The molecule has 3 rings (SSSR count). The highest BCUT2D eigenvalue weighted by Gasteiger charge is 2.21. The van der Waals surface area contributed by atoms with Crippen molar-refractivity contribution in [2.24, 2.45) is 0 Å². The quantitative estimate of drug-likeness (QED) is 0.535. The van der Waals surface area contributed by atoms with E-state index in [1.54, 1.807) is 19.1 Å². The Hall–Kier alpha value is -3.66. The number of ether oxygens (including phenoxy) is 2. The first-order chi connectivity index (χ1) is 15.2. The number of amides is 1. The molecular formula is C21H19ClFN3O6. The summed E-state index contributed by atoms with van der Waals surface area (Å²) in [6.07, 6.45) is -1.18. The minimum absolute atomic E-state index is 0.0844. The molecule has 0 saturated carbocycles. The van der Waals surface area contributed by atoms with E-state index >= 15 is 0 Å². The van der Waals surface area contributed by atoms with Crippen molar-refractivity contribution in [3.8, 4) is 17.2 Å². The van der Waals surface area contributed by atoms with Crippen molar-refractivity contribution in [3.63, 3.8) is 0 Å². The van der Waals surface area contributed by atoms with Gasteiger partial charge in [0, 0.05) is 16.7 Å². The molecule has 0 spiro atoms. The Balaban J connectivity index is 1.64. The molecule has 11 heteroatoms. The minimum Gasteiger partial charge on any atom is -0.495 e. The standard InChI is InChI=1S/C21H19ClFN3O6/c1-11-8-16(17(30-3)9-15(11)22)24-19(28)12(2)31-18(27)10-26-21(29)32-20(25-26)13-4-6-14(23)7-5-13/h4-9,12H,10H2,1-3H3,(H,24,28). The first kappa shape index (κ1) is 23.0. The molecule has 2 aromatic carbocycles. The highest BCUT2D eigenvalue weighted by atomic mass is 35.5. The van der Waals surface area contributed by atoms with Gasteiger partial charge < -0.3 is 19.2 Å². The third-order valence-corrected chi connectivity index (χ3v) is 4.80. The monoisotopic (exact) mass is 463 g/mol. The second-order valence-electron chi connectivity index (χ2n) is 6.76. The summed E-state index contributed by atoms with van der Waals surface area (Å²) in [6, 6.07) is 8.30. The van der Waals surface area contributed by atoms with E-state index < -0.39 is 36.1 Å². The Morgan fingerprint density at radius 1 is 1.28 bits per heavy atom. The molecule has 0 aliphatic heterocycles. The number of esters is 1. The van der Waals surface area contributed by atoms with Crippen molar-refractivity contribution in [3.05, 3.63) is 63.4 Å². The summed E-state index contributed by atoms with van der Waals surface area (Å²) in [4.78, 5) is 36.6. The number of hydrogen-bond acceptors (Lipinski definition) is 7. The van der Waals surface area contributed by atoms with Crippen LogP contribution in [0.15, 0.2) is 45.6 Å². The van der Waals surface area contributed by atoms with Gasteiger partial charge in [0.2, 0.25) is 5.89 Å². The number of aryl methyl sites for hydroxylation is 1. The number of aromatic nitrogens is 2. The SMILES string of the molecule is COc1cc(Cl)c(C)cc1NC(=O)C(C)OC(=O)Cn1nc(-c2ccc(F)cc2)oc1=O. The second-order valence-corrected chi connectivity index (χ2v) is 7.17. The van der Waals surface area contributed by atoms with Crippen LogP contribution in [0, 0.1) is 12.7 Å². The van der Waals surface area contributed by atoms with Crippen LogP contribution in [0.25, 0.3) is 11.5 Å². The van der Waals surface area contributed by atoms with Crippen molar-refractivity contribution in [1.29, 1.82) is 0 Å². The number of hydrogen-bond donors (Lipinski definition) is 1. The first-order valence-electron chi connectivity index (χ1n) is 9.36. The number of benzene rings is 2. The van der Waals surface area contributed by atoms with Crippen molar-refractivity contribution in [2.45, 2.75) is 26.5 Å². The molecule has 1 heterocycles. The average molecular weight is 464 g/mol. The van der Waals surface area contributed by atoms with Crippen LogP contribution in [0.3, 0.4) is 0 Å². The Labute approximate surface area is 186 Å². The lowest BCUT2D eigenvalue weighted by Gasteiger charge is -2.16. The molecule has 0 radical (unpaired) electrons. The number of nitrogens with one attached hydrogen (secondary N) is 1. The van der Waals surface area contributed by atoms with Crippen molar-refractivity contribution in [2.75, 3.05) is 12.4 Å². The number of carbonyl (C=O) groups is 2. The summed E-state index contributed by atoms with van der Waals surface area (Å²) in [5.74, 6) is -2.60. The Bertz CT molecular complexity index is 1210. The van der Waals surface area contributed by atoms with E-state index in [9.17, 15) is 18.8 Å². The van der Waals surface area contributed by atoms with Gasteiger partial charge in [-0.25, -0.2) is 9.18 Å². The number of rotatable bonds is 7. The molecule has 0 aliphatic rings. The van der Waals surface area contributed by atoms with Crippen LogP contribution in [-0.4, -0.2) is 34.9 Å². The number of anilines is 1. The van der Waals surface area contributed by atoms with Crippen LogP contribution in [0.2, 0.25) is 5.02 Å². The van der Waals surface area contributed by atoms with Gasteiger partial charge in [0.05, 0.1) is 12.8 Å². The third kappa shape index (κ3) is 5.33. The van der Waals surface area contributed by atoms with Gasteiger partial charge in [-0.15, -0.1) is 5.10 Å². The number of methoxy groups -OCH3 is 1. The largest absolute Gasteiger partial charge is 0.495 e. The summed E-state index contributed by atoms with van der Waals surface area (Å²) in [5.41, 5.74) is 1.43. The maximum atomic E-state index is 13.0. The van der Waals surface area contributed by atoms with Crippen LogP contribution in [0.1, 0.15) is 12.5 Å². The van der Waals surface area contributed by atoms with Gasteiger partial charge in [-0.05, 0) is 49.7 Å². The lowest BCUT2D eigenvalue weighted by Crippen LogP contribution is -2.32. The van der Waals surface area contributed by atoms with Crippen LogP contribution in [0.4, 0.5) is 10.1 Å². The van der Waals surface area contributed by atoms with Crippen LogP contribution < -0.4 is 15.8 Å². The fourth-order valence-corrected chi connectivity index (χ4v) is 2.84. The predicted molar refractivity (Wildman–Crippen MR) is 113 cm³/mol. The molecule has 0 saturated heterocycles. The molecule has 1 amide bonds. The molecule has 3 aromatic rings. The molecule has 0 aliphatic carbocycles. The fraction of sp³-hybridized carbons (Fsp3) is 0.238. The molecule has 1 atom stereocenters. The topological polar surface area (TPSA) is 113 Å². The van der Waals surface area contributed by atoms with Crippen molar-refractivity contribution < 1.29 is 27.9 Å². The highest BCUT2D eigenvalue weighted by Crippen LogP contribution is 2.31. The van der Waals surface area contributed by atoms with Gasteiger partial charge in [-0.1, -0.05) is 11.6 Å². The summed E-state index contributed by atoms with van der Waals surface area (Å²) < 4.78 is 29.1. The summed E-state index contributed by atoms with van der Waals surface area (Å²) in [7, 11) is 1.43. The van der Waals surface area contributed by atoms with E-state index in [2.05, 4.69) is 10.4 Å². The molecule has 168 valence electrons. The number of carbonyl (C=O) groups excluding carboxylic acids is 2. The lowest BCUT2D eigenvalue weighted by atomic mass is 10.2. The van der Waals surface area contributed by atoms with Gasteiger partial charge >= 0.3 is 11.7 Å². The maximum absolute atomic E-state index is 13.0. The Morgan fingerprint density at radius 2 is 1.97 bits per heavy atom. The van der Waals surface area contributed by atoms with Gasteiger partial charge in [-0.3, -0.25) is 9.59 Å². The number of halogens is 2. The van der Waals surface area contributed by atoms with E-state index in [0.29, 0.717) is 22.0 Å². The summed E-state index contributed by atoms with van der Waals surface area (Å²) in [6.45, 7) is 2.55. The first-order valence-corrected chi connectivity index (χ1v) is 9.74. The number of nitrogens with zero attached hydrogens (tertiary/aromatic N) is 2. The Kier molecular flexibility index (Phi) is 6.94. The second kappa shape index (κ2) is 9.65. The van der Waals surface area contributed by atoms with E-state index in [0.717, 1.165) is 10.2 Å². The molecule has 1 aromatic heterocycles. The van der Waals surface area contributed by atoms with Crippen LogP contribution in [-0.2, 0) is 20.9 Å². The molecule has 0 bridgehead atoms. The zero-order valence-corrected chi connectivity index (χ0v) is 18.1. The van der Waals surface area contributed by atoms with E-state index in [1.165, 1.54) is 38.3 Å². The molecular weight excluding hydrogens is 445 g/mol. The third-order valence-electron chi connectivity index (χ3n) is 4.39. The van der Waals surface area contributed by atoms with Crippen molar-refractivity contribution >= 4 is 29.2 Å². The van der Waals surface area contributed by atoms with Gasteiger partial charge in [-0.2, -0.15) is 4.68 Å². The summed E-state index contributed by atoms with van der Waals surface area (Å²) in [5, 5.41) is 6.97. The van der Waals surface area contributed by atoms with Crippen molar-refractivity contribution in [1.82, 2.24) is 9.78 Å². The minimum atomic E-state index is -1.18. The van der Waals surface area contributed by atoms with Gasteiger partial charge in [0.1, 0.15) is 18.1 Å². The summed E-state index contributed by atoms with van der Waals surface area (Å²) >= 11 is 6.05. The molecule has 32 heavy (non-hydrogen) atoms. The average Bonchev–Trinajstić information content (AvgIpc) is 3.10. The highest BCUT2D eigenvalue weighted by molar-refractivity contribution is 6.31. The lowest BCUT2D eigenvalue weighted by molar-refractivity contribution is -0.154.